The molecule has 0 aliphatic carbocycles. The minimum Gasteiger partial charge on any atom is -0.361 e. The highest BCUT2D eigenvalue weighted by molar-refractivity contribution is 5.97. The zero-order valence-corrected chi connectivity index (χ0v) is 18.7. The molecule has 2 fully saturated rings. The first-order valence-electron chi connectivity index (χ1n) is 10.8. The van der Waals surface area contributed by atoms with Crippen LogP contribution in [-0.4, -0.2) is 78.4 Å². The lowest BCUT2D eigenvalue weighted by Gasteiger charge is -2.25. The monoisotopic (exact) mass is 424 g/mol. The van der Waals surface area contributed by atoms with Gasteiger partial charge in [-0.1, -0.05) is 27.7 Å². The van der Waals surface area contributed by atoms with Crippen LogP contribution in [0.1, 0.15) is 53.9 Å². The second kappa shape index (κ2) is 10.3. The van der Waals surface area contributed by atoms with Crippen LogP contribution in [0.25, 0.3) is 0 Å². The van der Waals surface area contributed by atoms with E-state index in [1.165, 1.54) is 0 Å². The van der Waals surface area contributed by atoms with Gasteiger partial charge in [-0.25, -0.2) is 0 Å². The van der Waals surface area contributed by atoms with Gasteiger partial charge in [-0.15, -0.1) is 0 Å². The average molecular weight is 425 g/mol. The molecule has 30 heavy (non-hydrogen) atoms. The summed E-state index contributed by atoms with van der Waals surface area (Å²) in [7, 11) is 0. The van der Waals surface area contributed by atoms with E-state index in [0.29, 0.717) is 26.0 Å². The normalized spacial score (nSPS) is 24.1. The van der Waals surface area contributed by atoms with Crippen molar-refractivity contribution in [3.63, 3.8) is 0 Å². The van der Waals surface area contributed by atoms with E-state index >= 15 is 0 Å². The summed E-state index contributed by atoms with van der Waals surface area (Å²) in [6, 6.07) is -1.03. The predicted molar refractivity (Wildman–Crippen MR) is 112 cm³/mol. The Labute approximate surface area is 178 Å². The van der Waals surface area contributed by atoms with Gasteiger partial charge in [-0.05, 0) is 32.1 Å². The van der Waals surface area contributed by atoms with Gasteiger partial charge in [0.05, 0.1) is 25.7 Å². The van der Waals surface area contributed by atoms with Crippen molar-refractivity contribution in [2.24, 2.45) is 5.92 Å². The van der Waals surface area contributed by atoms with Crippen LogP contribution < -0.4 is 16.0 Å². The number of ether oxygens (including phenoxy) is 1. The number of likely N-dealkylation sites (tertiary alicyclic amines) is 1. The highest BCUT2D eigenvalue weighted by Gasteiger charge is 2.50. The number of hydrogen-bond acceptors (Lipinski definition) is 6. The van der Waals surface area contributed by atoms with Crippen molar-refractivity contribution in [2.45, 2.75) is 77.6 Å². The van der Waals surface area contributed by atoms with Gasteiger partial charge in [0.25, 0.3) is 0 Å². The summed E-state index contributed by atoms with van der Waals surface area (Å²) in [4.78, 5) is 51.5. The third-order valence-corrected chi connectivity index (χ3v) is 5.42. The summed E-state index contributed by atoms with van der Waals surface area (Å²) in [6.07, 6.45) is 1.83. The summed E-state index contributed by atoms with van der Waals surface area (Å²) >= 11 is 0. The molecule has 2 rings (SSSR count). The lowest BCUT2D eigenvalue weighted by Crippen LogP contribution is -2.52. The van der Waals surface area contributed by atoms with Crippen molar-refractivity contribution >= 4 is 23.5 Å². The molecule has 0 bridgehead atoms. The number of carbonyl (C=O) groups is 4. The maximum absolute atomic E-state index is 12.6. The molecular formula is C21H36N4O5. The summed E-state index contributed by atoms with van der Waals surface area (Å²) in [5.74, 6) is -0.811. The Balaban J connectivity index is 1.85. The standard InChI is InChI=1S/C21H36N4O5/c1-13(2)9-15(19(28)21(5)12-30-21)24-17(26)10-23-20(29)16-7-6-8-25(16)18(27)11-22-14(3)4/h13-16,22H,6-12H2,1-5H3,(H,23,29)(H,24,26). The van der Waals surface area contributed by atoms with E-state index in [9.17, 15) is 19.2 Å². The van der Waals surface area contributed by atoms with Gasteiger partial charge in [-0.3, -0.25) is 19.2 Å². The van der Waals surface area contributed by atoms with Gasteiger partial charge >= 0.3 is 0 Å². The van der Waals surface area contributed by atoms with Gasteiger partial charge in [0, 0.05) is 12.6 Å². The van der Waals surface area contributed by atoms with Crippen molar-refractivity contribution in [3.8, 4) is 0 Å². The molecule has 3 atom stereocenters. The summed E-state index contributed by atoms with van der Waals surface area (Å²) in [5.41, 5.74) is -0.815. The SMILES string of the molecule is CC(C)CC(NC(=O)CNC(=O)C1CCCN1C(=O)CNC(C)C)C(=O)C1(C)CO1. The highest BCUT2D eigenvalue weighted by atomic mass is 16.6. The molecule has 0 saturated carbocycles. The molecular weight excluding hydrogens is 388 g/mol. The molecule has 2 aliphatic rings. The molecule has 0 aromatic heterocycles. The number of nitrogens with zero attached hydrogens (tertiary/aromatic N) is 1. The zero-order chi connectivity index (χ0) is 22.5. The molecule has 0 aromatic rings. The average Bonchev–Trinajstić information content (AvgIpc) is 3.23. The van der Waals surface area contributed by atoms with Crippen molar-refractivity contribution in [1.82, 2.24) is 20.9 Å². The van der Waals surface area contributed by atoms with E-state index in [-0.39, 0.29) is 42.6 Å². The number of carbonyl (C=O) groups excluding carboxylic acids is 4. The second-order valence-corrected chi connectivity index (χ2v) is 9.13. The number of ketones is 1. The first-order chi connectivity index (χ1) is 14.0. The van der Waals surface area contributed by atoms with Crippen LogP contribution in [0.5, 0.6) is 0 Å². The lowest BCUT2D eigenvalue weighted by molar-refractivity contribution is -0.138. The maximum Gasteiger partial charge on any atom is 0.243 e. The highest BCUT2D eigenvalue weighted by Crippen LogP contribution is 2.29. The van der Waals surface area contributed by atoms with Gasteiger partial charge in [0.2, 0.25) is 17.7 Å². The Morgan fingerprint density at radius 1 is 1.13 bits per heavy atom. The molecule has 2 saturated heterocycles. The smallest absolute Gasteiger partial charge is 0.243 e. The second-order valence-electron chi connectivity index (χ2n) is 9.13. The van der Waals surface area contributed by atoms with Crippen LogP contribution in [-0.2, 0) is 23.9 Å². The third-order valence-electron chi connectivity index (χ3n) is 5.42. The fourth-order valence-corrected chi connectivity index (χ4v) is 3.58. The summed E-state index contributed by atoms with van der Waals surface area (Å²) in [5, 5.41) is 8.42. The molecule has 9 heteroatoms. The van der Waals surface area contributed by atoms with Crippen LogP contribution in [0.15, 0.2) is 0 Å². The quantitative estimate of drug-likeness (QED) is 0.401. The van der Waals surface area contributed by atoms with E-state index < -0.39 is 23.6 Å². The van der Waals surface area contributed by atoms with Crippen LogP contribution >= 0.6 is 0 Å². The van der Waals surface area contributed by atoms with Gasteiger partial charge in [-0.2, -0.15) is 0 Å². The van der Waals surface area contributed by atoms with Crippen LogP contribution in [0.4, 0.5) is 0 Å². The first kappa shape index (κ1) is 24.3. The molecule has 0 radical (unpaired) electrons. The minimum atomic E-state index is -0.815. The van der Waals surface area contributed by atoms with Crippen molar-refractivity contribution in [2.75, 3.05) is 26.2 Å². The van der Waals surface area contributed by atoms with Crippen molar-refractivity contribution in [1.29, 1.82) is 0 Å². The summed E-state index contributed by atoms with van der Waals surface area (Å²) in [6.45, 7) is 10.4. The number of nitrogens with one attached hydrogen (secondary N) is 3. The van der Waals surface area contributed by atoms with Crippen molar-refractivity contribution in [3.05, 3.63) is 0 Å². The van der Waals surface area contributed by atoms with E-state index in [1.807, 2.05) is 27.7 Å². The number of epoxide rings is 1. The van der Waals surface area contributed by atoms with Gasteiger partial charge < -0.3 is 25.6 Å². The molecule has 2 aliphatic heterocycles. The maximum atomic E-state index is 12.6. The Bertz CT molecular complexity index is 660. The van der Waals surface area contributed by atoms with Crippen LogP contribution in [0, 0.1) is 5.92 Å². The number of hydrogen-bond donors (Lipinski definition) is 3. The van der Waals surface area contributed by atoms with Gasteiger partial charge in [0.1, 0.15) is 11.6 Å². The largest absolute Gasteiger partial charge is 0.361 e. The molecule has 0 spiro atoms. The molecule has 170 valence electrons. The molecule has 3 N–H and O–H groups in total. The fraction of sp³-hybridized carbons (Fsp3) is 0.810. The Morgan fingerprint density at radius 2 is 1.80 bits per heavy atom. The Hall–Kier alpha value is -2.00. The van der Waals surface area contributed by atoms with E-state index in [0.717, 1.165) is 6.42 Å². The summed E-state index contributed by atoms with van der Waals surface area (Å²) < 4.78 is 5.22. The van der Waals surface area contributed by atoms with Gasteiger partial charge in [0.15, 0.2) is 5.78 Å². The third kappa shape index (κ3) is 6.77. The zero-order valence-electron chi connectivity index (χ0n) is 18.7. The number of Topliss-reactive ketones (excluding diaryl/α,β-unsaturated/α-hetero) is 1. The fourth-order valence-electron chi connectivity index (χ4n) is 3.58. The minimum absolute atomic E-state index is 0.119. The molecule has 2 heterocycles. The van der Waals surface area contributed by atoms with Crippen LogP contribution in [0.3, 0.4) is 0 Å². The molecule has 9 nitrogen and oxygen atoms in total. The van der Waals surface area contributed by atoms with Crippen LogP contribution in [0.2, 0.25) is 0 Å². The lowest BCUT2D eigenvalue weighted by atomic mass is 9.93. The molecule has 0 aromatic carbocycles. The molecule has 3 unspecified atom stereocenters. The van der Waals surface area contributed by atoms with E-state index in [1.54, 1.807) is 11.8 Å². The van der Waals surface area contributed by atoms with E-state index in [2.05, 4.69) is 16.0 Å². The number of amides is 3. The van der Waals surface area contributed by atoms with E-state index in [4.69, 9.17) is 4.74 Å². The Kier molecular flexibility index (Phi) is 8.37. The molecule has 3 amide bonds. The topological polar surface area (TPSA) is 120 Å². The first-order valence-corrected chi connectivity index (χ1v) is 10.8. The number of rotatable bonds is 11. The van der Waals surface area contributed by atoms with Crippen molar-refractivity contribution < 1.29 is 23.9 Å². The Morgan fingerprint density at radius 3 is 2.37 bits per heavy atom. The predicted octanol–water partition coefficient (Wildman–Crippen LogP) is -0.0195.